The van der Waals surface area contributed by atoms with Gasteiger partial charge >= 0.3 is 0 Å². The van der Waals surface area contributed by atoms with Crippen LogP contribution in [0.3, 0.4) is 0 Å². The van der Waals surface area contributed by atoms with Crippen molar-refractivity contribution in [3.8, 4) is 0 Å². The van der Waals surface area contributed by atoms with E-state index in [1.807, 2.05) is 30.3 Å². The highest BCUT2D eigenvalue weighted by Crippen LogP contribution is 2.24. The van der Waals surface area contributed by atoms with Crippen molar-refractivity contribution < 1.29 is 14.4 Å². The van der Waals surface area contributed by atoms with Crippen LogP contribution in [0, 0.1) is 11.8 Å². The maximum atomic E-state index is 12.3. The molecular formula is C20H27N3O3. The highest BCUT2D eigenvalue weighted by molar-refractivity contribution is 5.89. The van der Waals surface area contributed by atoms with E-state index in [1.54, 1.807) is 4.90 Å². The average Bonchev–Trinajstić information content (AvgIpc) is 3.30. The van der Waals surface area contributed by atoms with E-state index in [0.29, 0.717) is 26.2 Å². The van der Waals surface area contributed by atoms with Gasteiger partial charge in [-0.2, -0.15) is 0 Å². The maximum Gasteiger partial charge on any atom is 0.225 e. The van der Waals surface area contributed by atoms with Crippen LogP contribution in [0.2, 0.25) is 0 Å². The summed E-state index contributed by atoms with van der Waals surface area (Å²) in [5.74, 6) is -0.157. The van der Waals surface area contributed by atoms with Gasteiger partial charge in [0.2, 0.25) is 17.7 Å². The molecule has 1 atom stereocenters. The predicted molar refractivity (Wildman–Crippen MR) is 97.9 cm³/mol. The van der Waals surface area contributed by atoms with E-state index in [1.165, 1.54) is 0 Å². The number of benzene rings is 1. The van der Waals surface area contributed by atoms with E-state index in [4.69, 9.17) is 0 Å². The average molecular weight is 357 g/mol. The highest BCUT2D eigenvalue weighted by Gasteiger charge is 2.34. The highest BCUT2D eigenvalue weighted by atomic mass is 16.2. The molecule has 3 rings (SSSR count). The van der Waals surface area contributed by atoms with Crippen LogP contribution in [0.1, 0.15) is 37.7 Å². The van der Waals surface area contributed by atoms with Gasteiger partial charge in [0.1, 0.15) is 0 Å². The number of carbonyl (C=O) groups excluding carboxylic acids is 3. The zero-order valence-electron chi connectivity index (χ0n) is 15.1. The number of rotatable bonds is 7. The van der Waals surface area contributed by atoms with E-state index < -0.39 is 0 Å². The first-order valence-electron chi connectivity index (χ1n) is 9.50. The minimum absolute atomic E-state index is 0.0172. The Labute approximate surface area is 154 Å². The monoisotopic (exact) mass is 357 g/mol. The molecule has 1 saturated carbocycles. The molecule has 0 bridgehead atoms. The molecule has 1 aromatic rings. The number of carbonyl (C=O) groups is 3. The van der Waals surface area contributed by atoms with Gasteiger partial charge in [-0.3, -0.25) is 14.4 Å². The fourth-order valence-electron chi connectivity index (χ4n) is 3.75. The van der Waals surface area contributed by atoms with Crippen LogP contribution in [-0.4, -0.2) is 42.3 Å². The first-order chi connectivity index (χ1) is 12.6. The third-order valence-electron chi connectivity index (χ3n) is 5.25. The molecule has 6 heteroatoms. The lowest BCUT2D eigenvalue weighted by Crippen LogP contribution is -2.39. The van der Waals surface area contributed by atoms with Crippen molar-refractivity contribution >= 4 is 17.7 Å². The predicted octanol–water partition coefficient (Wildman–Crippen LogP) is 1.46. The van der Waals surface area contributed by atoms with Gasteiger partial charge in [-0.1, -0.05) is 43.2 Å². The molecule has 2 fully saturated rings. The fourth-order valence-corrected chi connectivity index (χ4v) is 3.75. The minimum atomic E-state index is -0.309. The van der Waals surface area contributed by atoms with E-state index in [0.717, 1.165) is 31.2 Å². The molecule has 26 heavy (non-hydrogen) atoms. The second-order valence-corrected chi connectivity index (χ2v) is 7.22. The first kappa shape index (κ1) is 18.4. The van der Waals surface area contributed by atoms with Crippen LogP contribution in [0.5, 0.6) is 0 Å². The van der Waals surface area contributed by atoms with Crippen LogP contribution >= 0.6 is 0 Å². The van der Waals surface area contributed by atoms with E-state index >= 15 is 0 Å². The van der Waals surface area contributed by atoms with Crippen molar-refractivity contribution in [2.75, 3.05) is 19.6 Å². The lowest BCUT2D eigenvalue weighted by atomic mass is 10.1. The Bertz CT molecular complexity index is 641. The summed E-state index contributed by atoms with van der Waals surface area (Å²) in [4.78, 5) is 38.1. The molecule has 140 valence electrons. The molecule has 0 spiro atoms. The summed E-state index contributed by atoms with van der Waals surface area (Å²) < 4.78 is 0. The molecule has 2 aliphatic rings. The molecule has 0 aromatic heterocycles. The summed E-state index contributed by atoms with van der Waals surface area (Å²) in [6.45, 7) is 1.84. The zero-order chi connectivity index (χ0) is 18.4. The summed E-state index contributed by atoms with van der Waals surface area (Å²) >= 11 is 0. The van der Waals surface area contributed by atoms with Crippen molar-refractivity contribution in [1.82, 2.24) is 15.5 Å². The lowest BCUT2D eigenvalue weighted by Gasteiger charge is -2.17. The number of likely N-dealkylation sites (tertiary alicyclic amines) is 1. The Kier molecular flexibility index (Phi) is 6.26. The van der Waals surface area contributed by atoms with Crippen molar-refractivity contribution in [2.24, 2.45) is 11.8 Å². The molecule has 0 radical (unpaired) electrons. The molecule has 1 aliphatic carbocycles. The van der Waals surface area contributed by atoms with Crippen molar-refractivity contribution in [2.45, 2.75) is 38.6 Å². The largest absolute Gasteiger partial charge is 0.354 e. The van der Waals surface area contributed by atoms with Gasteiger partial charge in [0.15, 0.2) is 0 Å². The van der Waals surface area contributed by atoms with Gasteiger partial charge in [-0.25, -0.2) is 0 Å². The molecule has 1 unspecified atom stereocenters. The van der Waals surface area contributed by atoms with E-state index in [9.17, 15) is 14.4 Å². The second kappa shape index (κ2) is 8.83. The second-order valence-electron chi connectivity index (χ2n) is 7.22. The molecule has 1 heterocycles. The lowest BCUT2D eigenvalue weighted by molar-refractivity contribution is -0.129. The number of hydrogen-bond donors (Lipinski definition) is 2. The quantitative estimate of drug-likeness (QED) is 0.725. The standard InChI is InChI=1S/C20H27N3O3/c24-18-12-17(14-23(18)13-15-6-2-1-3-7-15)20(26)22-11-10-21-19(25)16-8-4-5-9-16/h1-3,6-7,16-17H,4-5,8-14H2,(H,21,25)(H,22,26). The summed E-state index contributed by atoms with van der Waals surface area (Å²) in [5, 5.41) is 5.73. The molecule has 2 N–H and O–H groups in total. The molecule has 3 amide bonds. The smallest absolute Gasteiger partial charge is 0.225 e. The summed E-state index contributed by atoms with van der Waals surface area (Å²) in [6.07, 6.45) is 4.46. The summed E-state index contributed by atoms with van der Waals surface area (Å²) in [6, 6.07) is 9.79. The van der Waals surface area contributed by atoms with Gasteiger partial charge in [0.05, 0.1) is 5.92 Å². The minimum Gasteiger partial charge on any atom is -0.354 e. The normalized spacial score (nSPS) is 20.4. The Morgan fingerprint density at radius 1 is 0.962 bits per heavy atom. The van der Waals surface area contributed by atoms with Crippen molar-refractivity contribution in [3.63, 3.8) is 0 Å². The number of amides is 3. The van der Waals surface area contributed by atoms with Crippen LogP contribution < -0.4 is 10.6 Å². The number of nitrogens with one attached hydrogen (secondary N) is 2. The van der Waals surface area contributed by atoms with Gasteiger partial charge in [0, 0.05) is 38.5 Å². The van der Waals surface area contributed by atoms with Crippen LogP contribution in [-0.2, 0) is 20.9 Å². The first-order valence-corrected chi connectivity index (χ1v) is 9.50. The molecule has 6 nitrogen and oxygen atoms in total. The number of nitrogens with zero attached hydrogens (tertiary/aromatic N) is 1. The molecule has 1 aromatic carbocycles. The molecular weight excluding hydrogens is 330 g/mol. The van der Waals surface area contributed by atoms with Crippen molar-refractivity contribution in [3.05, 3.63) is 35.9 Å². The Balaban J connectivity index is 1.37. The van der Waals surface area contributed by atoms with Gasteiger partial charge < -0.3 is 15.5 Å². The number of hydrogen-bond acceptors (Lipinski definition) is 3. The van der Waals surface area contributed by atoms with E-state index in [2.05, 4.69) is 10.6 Å². The third-order valence-corrected chi connectivity index (χ3v) is 5.25. The summed E-state index contributed by atoms with van der Waals surface area (Å²) in [7, 11) is 0. The Hall–Kier alpha value is -2.37. The molecule has 1 aliphatic heterocycles. The zero-order valence-corrected chi connectivity index (χ0v) is 15.1. The van der Waals surface area contributed by atoms with Gasteiger partial charge in [0.25, 0.3) is 0 Å². The van der Waals surface area contributed by atoms with E-state index in [-0.39, 0.29) is 36.0 Å². The van der Waals surface area contributed by atoms with Crippen LogP contribution in [0.15, 0.2) is 30.3 Å². The van der Waals surface area contributed by atoms with Gasteiger partial charge in [-0.15, -0.1) is 0 Å². The van der Waals surface area contributed by atoms with Crippen LogP contribution in [0.4, 0.5) is 0 Å². The topological polar surface area (TPSA) is 78.5 Å². The molecule has 1 saturated heterocycles. The Morgan fingerprint density at radius 3 is 2.23 bits per heavy atom. The van der Waals surface area contributed by atoms with Crippen LogP contribution in [0.25, 0.3) is 0 Å². The SMILES string of the molecule is O=C(NCCNC(=O)C1CC(=O)N(Cc2ccccc2)C1)C1CCCC1. The van der Waals surface area contributed by atoms with Gasteiger partial charge in [-0.05, 0) is 18.4 Å². The van der Waals surface area contributed by atoms with Crippen molar-refractivity contribution in [1.29, 1.82) is 0 Å². The Morgan fingerprint density at radius 2 is 1.58 bits per heavy atom. The third kappa shape index (κ3) is 4.84. The summed E-state index contributed by atoms with van der Waals surface area (Å²) in [5.41, 5.74) is 1.07. The fraction of sp³-hybridized carbons (Fsp3) is 0.550. The maximum absolute atomic E-state index is 12.3.